The number of aryl methyl sites for hydroxylation is 2. The van der Waals surface area contributed by atoms with E-state index in [1.165, 1.54) is 10.3 Å². The molecule has 3 aromatic rings. The summed E-state index contributed by atoms with van der Waals surface area (Å²) < 4.78 is 3.37. The van der Waals surface area contributed by atoms with Gasteiger partial charge in [-0.15, -0.1) is 0 Å². The number of aromatic nitrogens is 3. The van der Waals surface area contributed by atoms with E-state index in [4.69, 9.17) is 0 Å². The Kier molecular flexibility index (Phi) is 3.97. The van der Waals surface area contributed by atoms with E-state index in [1.807, 2.05) is 18.7 Å². The normalized spacial score (nSPS) is 11.1. The number of nitrogens with one attached hydrogen (secondary N) is 1. The van der Waals surface area contributed by atoms with Gasteiger partial charge >= 0.3 is 0 Å². The second-order valence-corrected chi connectivity index (χ2v) is 5.96. The molecule has 2 heterocycles. The maximum Gasteiger partial charge on any atom is 0.183 e. The average molecular weight is 286 g/mol. The number of imidazole rings is 1. The summed E-state index contributed by atoms with van der Waals surface area (Å²) in [5, 5.41) is 4.44. The Bertz CT molecular complexity index is 672. The molecule has 5 heteroatoms. The predicted octanol–water partition coefficient (Wildman–Crippen LogP) is 3.69. The van der Waals surface area contributed by atoms with Gasteiger partial charge in [0, 0.05) is 25.5 Å². The molecule has 0 saturated carbocycles. The quantitative estimate of drug-likeness (QED) is 0.703. The van der Waals surface area contributed by atoms with Gasteiger partial charge in [-0.05, 0) is 37.5 Å². The molecule has 0 amide bonds. The molecule has 0 saturated heterocycles. The fourth-order valence-electron chi connectivity index (χ4n) is 2.14. The van der Waals surface area contributed by atoms with Crippen molar-refractivity contribution >= 4 is 26.7 Å². The van der Waals surface area contributed by atoms with Gasteiger partial charge in [-0.1, -0.05) is 17.4 Å². The van der Waals surface area contributed by atoms with Crippen LogP contribution in [0.2, 0.25) is 0 Å². The molecule has 0 unspecified atom stereocenters. The number of nitrogens with zero attached hydrogens (tertiary/aromatic N) is 3. The number of hydrogen-bond donors (Lipinski definition) is 1. The van der Waals surface area contributed by atoms with Gasteiger partial charge in [0.15, 0.2) is 5.13 Å². The van der Waals surface area contributed by atoms with E-state index in [2.05, 4.69) is 45.0 Å². The Morgan fingerprint density at radius 1 is 1.30 bits per heavy atom. The molecule has 0 aliphatic carbocycles. The molecule has 0 aliphatic heterocycles. The van der Waals surface area contributed by atoms with Crippen molar-refractivity contribution in [3.8, 4) is 0 Å². The summed E-state index contributed by atoms with van der Waals surface area (Å²) >= 11 is 1.73. The number of rotatable bonds is 6. The molecular weight excluding hydrogens is 268 g/mol. The van der Waals surface area contributed by atoms with Crippen LogP contribution in [0.15, 0.2) is 36.9 Å². The van der Waals surface area contributed by atoms with Crippen molar-refractivity contribution in [2.75, 3.05) is 11.9 Å². The fraction of sp³-hybridized carbons (Fsp3) is 0.333. The minimum atomic E-state index is 0.966. The summed E-state index contributed by atoms with van der Waals surface area (Å²) in [6.07, 6.45) is 7.97. The molecule has 3 rings (SSSR count). The Balaban J connectivity index is 1.47. The Morgan fingerprint density at radius 3 is 3.10 bits per heavy atom. The molecule has 0 bridgehead atoms. The molecule has 104 valence electrons. The molecule has 0 atom stereocenters. The van der Waals surface area contributed by atoms with Crippen LogP contribution in [0.1, 0.15) is 18.4 Å². The van der Waals surface area contributed by atoms with Gasteiger partial charge in [0.05, 0.1) is 16.5 Å². The predicted molar refractivity (Wildman–Crippen MR) is 84.3 cm³/mol. The summed E-state index contributed by atoms with van der Waals surface area (Å²) in [4.78, 5) is 8.63. The van der Waals surface area contributed by atoms with Gasteiger partial charge < -0.3 is 9.88 Å². The van der Waals surface area contributed by atoms with E-state index in [9.17, 15) is 0 Å². The van der Waals surface area contributed by atoms with Crippen LogP contribution < -0.4 is 5.32 Å². The van der Waals surface area contributed by atoms with Gasteiger partial charge in [-0.25, -0.2) is 9.97 Å². The zero-order valence-corrected chi connectivity index (χ0v) is 12.4. The second kappa shape index (κ2) is 6.05. The van der Waals surface area contributed by atoms with Crippen molar-refractivity contribution in [3.63, 3.8) is 0 Å². The monoisotopic (exact) mass is 286 g/mol. The lowest BCUT2D eigenvalue weighted by Crippen LogP contribution is -2.03. The third kappa shape index (κ3) is 3.17. The highest BCUT2D eigenvalue weighted by Gasteiger charge is 2.02. The summed E-state index contributed by atoms with van der Waals surface area (Å²) in [5.41, 5.74) is 2.37. The molecule has 20 heavy (non-hydrogen) atoms. The smallest absolute Gasteiger partial charge is 0.183 e. The van der Waals surface area contributed by atoms with Crippen molar-refractivity contribution < 1.29 is 0 Å². The van der Waals surface area contributed by atoms with Gasteiger partial charge in [-0.3, -0.25) is 0 Å². The van der Waals surface area contributed by atoms with Crippen molar-refractivity contribution in [1.29, 1.82) is 0 Å². The molecule has 0 fully saturated rings. The van der Waals surface area contributed by atoms with Crippen LogP contribution in [0.4, 0.5) is 5.13 Å². The van der Waals surface area contributed by atoms with Crippen molar-refractivity contribution in [2.45, 2.75) is 26.3 Å². The molecule has 1 aromatic carbocycles. The molecule has 0 spiro atoms. The van der Waals surface area contributed by atoms with Crippen molar-refractivity contribution in [3.05, 3.63) is 42.5 Å². The van der Waals surface area contributed by atoms with Crippen LogP contribution in [-0.4, -0.2) is 21.1 Å². The maximum absolute atomic E-state index is 4.59. The Labute approximate surface area is 122 Å². The van der Waals surface area contributed by atoms with Gasteiger partial charge in [0.1, 0.15) is 0 Å². The minimum absolute atomic E-state index is 0.966. The maximum atomic E-state index is 4.59. The van der Waals surface area contributed by atoms with Crippen LogP contribution in [0.25, 0.3) is 10.2 Å². The highest BCUT2D eigenvalue weighted by Crippen LogP contribution is 2.26. The third-order valence-electron chi connectivity index (χ3n) is 3.22. The third-order valence-corrected chi connectivity index (χ3v) is 4.20. The van der Waals surface area contributed by atoms with E-state index in [1.54, 1.807) is 11.3 Å². The van der Waals surface area contributed by atoms with Gasteiger partial charge in [0.2, 0.25) is 0 Å². The van der Waals surface area contributed by atoms with Crippen LogP contribution >= 0.6 is 11.3 Å². The van der Waals surface area contributed by atoms with Crippen LogP contribution in [0.3, 0.4) is 0 Å². The fourth-order valence-corrected chi connectivity index (χ4v) is 3.13. The van der Waals surface area contributed by atoms with E-state index < -0.39 is 0 Å². The largest absolute Gasteiger partial charge is 0.361 e. The topological polar surface area (TPSA) is 42.7 Å². The highest BCUT2D eigenvalue weighted by molar-refractivity contribution is 7.22. The van der Waals surface area contributed by atoms with Crippen LogP contribution in [0, 0.1) is 6.92 Å². The molecular formula is C15H18N4S. The zero-order valence-electron chi connectivity index (χ0n) is 11.5. The minimum Gasteiger partial charge on any atom is -0.361 e. The standard InChI is InChI=1S/C15H18N4S/c1-12-4-5-13-14(10-12)20-15(18-13)17-6-2-3-8-19-9-7-16-11-19/h4-5,7,9-11H,2-3,6,8H2,1H3,(H,17,18). The molecule has 0 radical (unpaired) electrons. The highest BCUT2D eigenvalue weighted by atomic mass is 32.1. The summed E-state index contributed by atoms with van der Waals surface area (Å²) in [6, 6.07) is 6.39. The first-order valence-corrected chi connectivity index (χ1v) is 7.70. The van der Waals surface area contributed by atoms with Gasteiger partial charge in [0.25, 0.3) is 0 Å². The van der Waals surface area contributed by atoms with Crippen molar-refractivity contribution in [1.82, 2.24) is 14.5 Å². The first-order chi connectivity index (χ1) is 9.81. The number of unbranched alkanes of at least 4 members (excludes halogenated alkanes) is 1. The number of hydrogen-bond acceptors (Lipinski definition) is 4. The molecule has 2 aromatic heterocycles. The van der Waals surface area contributed by atoms with E-state index in [-0.39, 0.29) is 0 Å². The number of thiazole rings is 1. The molecule has 0 aliphatic rings. The first-order valence-electron chi connectivity index (χ1n) is 6.88. The summed E-state index contributed by atoms with van der Waals surface area (Å²) in [6.45, 7) is 4.11. The average Bonchev–Trinajstić information content (AvgIpc) is 3.06. The molecule has 1 N–H and O–H groups in total. The van der Waals surface area contributed by atoms with E-state index in [0.29, 0.717) is 0 Å². The lowest BCUT2D eigenvalue weighted by molar-refractivity contribution is 0.621. The lowest BCUT2D eigenvalue weighted by atomic mass is 10.2. The summed E-state index contributed by atoms with van der Waals surface area (Å²) in [5.74, 6) is 0. The lowest BCUT2D eigenvalue weighted by Gasteiger charge is -2.03. The first kappa shape index (κ1) is 13.1. The number of benzene rings is 1. The SMILES string of the molecule is Cc1ccc2nc(NCCCCn3ccnc3)sc2c1. The van der Waals surface area contributed by atoms with Crippen LogP contribution in [0.5, 0.6) is 0 Å². The number of fused-ring (bicyclic) bond motifs is 1. The van der Waals surface area contributed by atoms with E-state index >= 15 is 0 Å². The Hall–Kier alpha value is -1.88. The van der Waals surface area contributed by atoms with Gasteiger partial charge in [-0.2, -0.15) is 0 Å². The number of anilines is 1. The second-order valence-electron chi connectivity index (χ2n) is 4.92. The molecule has 4 nitrogen and oxygen atoms in total. The van der Waals surface area contributed by atoms with Crippen molar-refractivity contribution in [2.24, 2.45) is 0 Å². The Morgan fingerprint density at radius 2 is 2.25 bits per heavy atom. The zero-order chi connectivity index (χ0) is 13.8. The van der Waals surface area contributed by atoms with Crippen LogP contribution in [-0.2, 0) is 6.54 Å². The summed E-state index contributed by atoms with van der Waals surface area (Å²) in [7, 11) is 0. The van der Waals surface area contributed by atoms with E-state index in [0.717, 1.165) is 36.6 Å².